The highest BCUT2D eigenvalue weighted by Crippen LogP contribution is 2.29. The molecule has 0 aromatic carbocycles. The Labute approximate surface area is 204 Å². The van der Waals surface area contributed by atoms with Crippen LogP contribution in [0, 0.1) is 12.8 Å². The predicted molar refractivity (Wildman–Crippen MR) is 124 cm³/mol. The molecule has 1 aromatic rings. The molecule has 12 heteroatoms. The molecule has 0 unspecified atom stereocenters. The molecule has 1 aliphatic heterocycles. The highest BCUT2D eigenvalue weighted by atomic mass is 16.6. The van der Waals surface area contributed by atoms with Crippen molar-refractivity contribution in [3.63, 3.8) is 0 Å². The maximum atomic E-state index is 13.1. The Hall–Kier alpha value is -2.83. The summed E-state index contributed by atoms with van der Waals surface area (Å²) in [5, 5.41) is 11.6. The minimum atomic E-state index is -1.10. The minimum Gasteiger partial charge on any atom is -0.385 e. The average molecular weight is 497 g/mol. The molecule has 4 atom stereocenters. The van der Waals surface area contributed by atoms with Crippen LogP contribution < -0.4 is 16.0 Å². The number of amides is 3. The summed E-state index contributed by atoms with van der Waals surface area (Å²) in [6.07, 6.45) is 0.567. The number of epoxide rings is 1. The van der Waals surface area contributed by atoms with Crippen LogP contribution in [-0.4, -0.2) is 86.4 Å². The van der Waals surface area contributed by atoms with Gasteiger partial charge in [-0.25, -0.2) is 0 Å². The number of ketones is 1. The van der Waals surface area contributed by atoms with Crippen LogP contribution in [0.3, 0.4) is 0 Å². The maximum absolute atomic E-state index is 13.1. The van der Waals surface area contributed by atoms with Crippen LogP contribution in [0.2, 0.25) is 0 Å². The van der Waals surface area contributed by atoms with Gasteiger partial charge in [0.25, 0.3) is 5.91 Å². The van der Waals surface area contributed by atoms with Gasteiger partial charge in [-0.2, -0.15) is 0 Å². The van der Waals surface area contributed by atoms with Crippen LogP contribution in [0.1, 0.15) is 49.9 Å². The van der Waals surface area contributed by atoms with E-state index in [1.807, 2.05) is 13.8 Å². The van der Waals surface area contributed by atoms with Gasteiger partial charge >= 0.3 is 0 Å². The van der Waals surface area contributed by atoms with E-state index in [0.29, 0.717) is 18.8 Å². The molecule has 1 aromatic heterocycles. The first kappa shape index (κ1) is 28.4. The molecule has 0 spiro atoms. The number of nitrogens with zero attached hydrogens (tertiary/aromatic N) is 1. The summed E-state index contributed by atoms with van der Waals surface area (Å²) in [7, 11) is 2.86. The van der Waals surface area contributed by atoms with E-state index < -0.39 is 41.4 Å². The van der Waals surface area contributed by atoms with Crippen molar-refractivity contribution in [3.05, 3.63) is 17.5 Å². The van der Waals surface area contributed by atoms with Crippen molar-refractivity contribution in [1.82, 2.24) is 21.1 Å². The zero-order valence-electron chi connectivity index (χ0n) is 21.1. The lowest BCUT2D eigenvalue weighted by Crippen LogP contribution is -2.58. The summed E-state index contributed by atoms with van der Waals surface area (Å²) in [6.45, 7) is 7.55. The van der Waals surface area contributed by atoms with Gasteiger partial charge < -0.3 is 34.7 Å². The zero-order valence-corrected chi connectivity index (χ0v) is 21.1. The van der Waals surface area contributed by atoms with Crippen LogP contribution in [0.15, 0.2) is 10.6 Å². The van der Waals surface area contributed by atoms with E-state index in [9.17, 15) is 19.2 Å². The van der Waals surface area contributed by atoms with E-state index in [4.69, 9.17) is 18.7 Å². The first-order chi connectivity index (χ1) is 16.5. The number of hydrogen-bond acceptors (Lipinski definition) is 9. The van der Waals surface area contributed by atoms with Crippen LogP contribution in [0.4, 0.5) is 0 Å². The molecular weight excluding hydrogens is 460 g/mol. The van der Waals surface area contributed by atoms with Gasteiger partial charge in [-0.05, 0) is 32.6 Å². The molecule has 3 amide bonds. The quantitative estimate of drug-likeness (QED) is 0.287. The summed E-state index contributed by atoms with van der Waals surface area (Å²) >= 11 is 0. The Morgan fingerprint density at radius 1 is 1.06 bits per heavy atom. The molecule has 0 saturated carbocycles. The first-order valence-electron chi connectivity index (χ1n) is 11.5. The molecule has 2 heterocycles. The fourth-order valence-electron chi connectivity index (χ4n) is 3.43. The summed E-state index contributed by atoms with van der Waals surface area (Å²) < 4.78 is 20.3. The fraction of sp³-hybridized carbons (Fsp3) is 0.696. The van der Waals surface area contributed by atoms with Crippen LogP contribution in [0.5, 0.6) is 0 Å². The van der Waals surface area contributed by atoms with Crippen molar-refractivity contribution < 1.29 is 37.9 Å². The SMILES string of the molecule is COCC[C@H](NC(=O)c1cc(C)on1)C(=O)N[C@@H](COC)C(=O)N[C@@H](CC(C)C)C(=O)[C@@]1(C)CO1. The van der Waals surface area contributed by atoms with E-state index in [-0.39, 0.29) is 37.0 Å². The van der Waals surface area contributed by atoms with Crippen molar-refractivity contribution in [2.75, 3.05) is 34.0 Å². The highest BCUT2D eigenvalue weighted by molar-refractivity contribution is 5.99. The van der Waals surface area contributed by atoms with Crippen molar-refractivity contribution in [3.8, 4) is 0 Å². The number of rotatable bonds is 15. The van der Waals surface area contributed by atoms with Gasteiger partial charge in [0.2, 0.25) is 11.8 Å². The van der Waals surface area contributed by atoms with Gasteiger partial charge in [0.05, 0.1) is 19.3 Å². The second-order valence-corrected chi connectivity index (χ2v) is 9.22. The summed E-state index contributed by atoms with van der Waals surface area (Å²) in [6, 6.07) is -1.44. The summed E-state index contributed by atoms with van der Waals surface area (Å²) in [4.78, 5) is 51.4. The maximum Gasteiger partial charge on any atom is 0.274 e. The lowest BCUT2D eigenvalue weighted by atomic mass is 9.93. The Balaban J connectivity index is 2.10. The molecule has 2 rings (SSSR count). The molecule has 1 saturated heterocycles. The number of carbonyl (C=O) groups excluding carboxylic acids is 4. The minimum absolute atomic E-state index is 0.0229. The number of ether oxygens (including phenoxy) is 3. The number of aryl methyl sites for hydroxylation is 1. The Kier molecular flexibility index (Phi) is 10.3. The van der Waals surface area contributed by atoms with Gasteiger partial charge in [0, 0.05) is 26.9 Å². The zero-order chi connectivity index (χ0) is 26.2. The van der Waals surface area contributed by atoms with Gasteiger partial charge in [0.1, 0.15) is 23.4 Å². The third-order valence-corrected chi connectivity index (χ3v) is 5.50. The number of methoxy groups -OCH3 is 2. The number of hydrogen-bond donors (Lipinski definition) is 3. The third kappa shape index (κ3) is 8.41. The topological polar surface area (TPSA) is 161 Å². The Morgan fingerprint density at radius 3 is 2.20 bits per heavy atom. The molecule has 0 aliphatic carbocycles. The number of carbonyl (C=O) groups is 4. The lowest BCUT2D eigenvalue weighted by Gasteiger charge is -2.26. The summed E-state index contributed by atoms with van der Waals surface area (Å²) in [5.41, 5.74) is -0.878. The molecule has 0 radical (unpaired) electrons. The van der Waals surface area contributed by atoms with Gasteiger partial charge in [-0.1, -0.05) is 19.0 Å². The molecule has 196 valence electrons. The molecule has 12 nitrogen and oxygen atoms in total. The lowest BCUT2D eigenvalue weighted by molar-refractivity contribution is -0.134. The van der Waals surface area contributed by atoms with Gasteiger partial charge in [0.15, 0.2) is 11.5 Å². The smallest absolute Gasteiger partial charge is 0.274 e. The normalized spacial score (nSPS) is 19.5. The molecular formula is C23H36N4O8. The predicted octanol–water partition coefficient (Wildman–Crippen LogP) is 0.138. The molecule has 0 bridgehead atoms. The van der Waals surface area contributed by atoms with Crippen molar-refractivity contribution in [2.45, 2.75) is 64.3 Å². The second-order valence-electron chi connectivity index (χ2n) is 9.22. The van der Waals surface area contributed by atoms with Crippen molar-refractivity contribution >= 4 is 23.5 Å². The molecule has 3 N–H and O–H groups in total. The number of aromatic nitrogens is 1. The van der Waals surface area contributed by atoms with Crippen molar-refractivity contribution in [2.24, 2.45) is 5.92 Å². The van der Waals surface area contributed by atoms with E-state index in [1.165, 1.54) is 20.3 Å². The van der Waals surface area contributed by atoms with E-state index in [2.05, 4.69) is 21.1 Å². The highest BCUT2D eigenvalue weighted by Gasteiger charge is 2.50. The number of Topliss-reactive ketones (excluding diaryl/α,β-unsaturated/α-hetero) is 1. The number of nitrogens with one attached hydrogen (secondary N) is 3. The Bertz CT molecular complexity index is 896. The summed E-state index contributed by atoms with van der Waals surface area (Å²) in [5.74, 6) is -1.43. The molecule has 1 aliphatic rings. The van der Waals surface area contributed by atoms with E-state index in [0.717, 1.165) is 0 Å². The van der Waals surface area contributed by atoms with Crippen LogP contribution in [0.25, 0.3) is 0 Å². The standard InChI is InChI=1S/C23H36N4O8/c1-13(2)9-16(19(28)23(4)12-34-23)25-22(31)18(11-33-6)26-20(29)15(7-8-32-5)24-21(30)17-10-14(3)35-27-17/h10,13,15-16,18H,7-9,11-12H2,1-6H3,(H,24,30)(H,25,31)(H,26,29)/t15-,16-,18-,23+/m0/s1. The van der Waals surface area contributed by atoms with Gasteiger partial charge in [-0.15, -0.1) is 0 Å². The second kappa shape index (κ2) is 12.8. The largest absolute Gasteiger partial charge is 0.385 e. The molecule has 35 heavy (non-hydrogen) atoms. The molecule has 1 fully saturated rings. The van der Waals surface area contributed by atoms with E-state index in [1.54, 1.807) is 13.8 Å². The van der Waals surface area contributed by atoms with Crippen LogP contribution >= 0.6 is 0 Å². The fourth-order valence-corrected chi connectivity index (χ4v) is 3.43. The average Bonchev–Trinajstić information content (AvgIpc) is 3.40. The van der Waals surface area contributed by atoms with Gasteiger partial charge in [-0.3, -0.25) is 19.2 Å². The Morgan fingerprint density at radius 2 is 1.69 bits per heavy atom. The first-order valence-corrected chi connectivity index (χ1v) is 11.5. The monoisotopic (exact) mass is 496 g/mol. The van der Waals surface area contributed by atoms with E-state index >= 15 is 0 Å². The van der Waals surface area contributed by atoms with Crippen molar-refractivity contribution in [1.29, 1.82) is 0 Å². The van der Waals surface area contributed by atoms with Crippen LogP contribution in [-0.2, 0) is 28.6 Å². The third-order valence-electron chi connectivity index (χ3n) is 5.50.